The lowest BCUT2D eigenvalue weighted by Gasteiger charge is -2.17. The molecule has 2 fully saturated rings. The van der Waals surface area contributed by atoms with Crippen molar-refractivity contribution in [1.29, 1.82) is 0 Å². The summed E-state index contributed by atoms with van der Waals surface area (Å²) in [7, 11) is 0. The molecular weight excluding hydrogens is 266 g/mol. The predicted octanol–water partition coefficient (Wildman–Crippen LogP) is 2.33. The fourth-order valence-corrected chi connectivity index (χ4v) is 2.94. The Bertz CT molecular complexity index is 398. The maximum Gasteiger partial charge on any atom is 0.226 e. The Balaban J connectivity index is 0.00000133. The van der Waals surface area contributed by atoms with Crippen molar-refractivity contribution >= 4 is 12.4 Å². The van der Waals surface area contributed by atoms with Gasteiger partial charge in [0.15, 0.2) is 5.82 Å². The second kappa shape index (κ2) is 6.20. The number of halogens is 1. The Morgan fingerprint density at radius 2 is 2.05 bits per heavy atom. The predicted molar refractivity (Wildman–Crippen MR) is 73.2 cm³/mol. The van der Waals surface area contributed by atoms with E-state index in [0.717, 1.165) is 51.6 Å². The minimum absolute atomic E-state index is 0. The van der Waals surface area contributed by atoms with Crippen LogP contribution in [0.2, 0.25) is 0 Å². The molecule has 2 N–H and O–H groups in total. The summed E-state index contributed by atoms with van der Waals surface area (Å²) in [6, 6.07) is 0. The van der Waals surface area contributed by atoms with E-state index in [1.54, 1.807) is 0 Å². The molecule has 6 heteroatoms. The zero-order valence-electron chi connectivity index (χ0n) is 11.1. The molecule has 1 aromatic rings. The zero-order valence-corrected chi connectivity index (χ0v) is 12.0. The number of rotatable bonds is 4. The standard InChI is InChI=1S/C13H21N3O2.ClH/c14-13(7-1-2-8-13)12-15-11(18-16-12)6-5-10-4-3-9-17-10;/h10H,1-9,14H2;1H. The molecule has 3 rings (SSSR count). The smallest absolute Gasteiger partial charge is 0.226 e. The largest absolute Gasteiger partial charge is 0.378 e. The van der Waals surface area contributed by atoms with Gasteiger partial charge < -0.3 is 15.0 Å². The minimum Gasteiger partial charge on any atom is -0.378 e. The van der Waals surface area contributed by atoms with Crippen LogP contribution in [0.4, 0.5) is 0 Å². The first-order chi connectivity index (χ1) is 8.76. The van der Waals surface area contributed by atoms with Crippen LogP contribution in [0.3, 0.4) is 0 Å². The molecule has 0 aromatic carbocycles. The van der Waals surface area contributed by atoms with Crippen LogP contribution < -0.4 is 5.73 Å². The fourth-order valence-electron chi connectivity index (χ4n) is 2.94. The highest BCUT2D eigenvalue weighted by molar-refractivity contribution is 5.85. The van der Waals surface area contributed by atoms with Gasteiger partial charge in [-0.2, -0.15) is 4.98 Å². The second-order valence-corrected chi connectivity index (χ2v) is 5.55. The Kier molecular flexibility index (Phi) is 4.81. The van der Waals surface area contributed by atoms with Crippen molar-refractivity contribution in [2.45, 2.75) is 63.0 Å². The van der Waals surface area contributed by atoms with Crippen LogP contribution in [0.25, 0.3) is 0 Å². The van der Waals surface area contributed by atoms with Crippen LogP contribution in [0.15, 0.2) is 4.52 Å². The SMILES string of the molecule is Cl.NC1(c2noc(CCC3CCCO3)n2)CCCC1. The number of ether oxygens (including phenoxy) is 1. The normalized spacial score (nSPS) is 25.4. The molecule has 0 spiro atoms. The molecule has 1 aliphatic heterocycles. The number of nitrogens with zero attached hydrogens (tertiary/aromatic N) is 2. The van der Waals surface area contributed by atoms with Gasteiger partial charge in [0.1, 0.15) is 0 Å². The third-order valence-corrected chi connectivity index (χ3v) is 4.11. The lowest BCUT2D eigenvalue weighted by molar-refractivity contribution is 0.102. The van der Waals surface area contributed by atoms with Crippen LogP contribution in [0.5, 0.6) is 0 Å². The summed E-state index contributed by atoms with van der Waals surface area (Å²) in [6.45, 7) is 0.895. The number of aromatic nitrogens is 2. The molecule has 0 amide bonds. The molecule has 1 saturated heterocycles. The molecule has 19 heavy (non-hydrogen) atoms. The van der Waals surface area contributed by atoms with Crippen LogP contribution in [0, 0.1) is 0 Å². The number of nitrogens with two attached hydrogens (primary N) is 1. The monoisotopic (exact) mass is 287 g/mol. The van der Waals surface area contributed by atoms with Gasteiger partial charge in [-0.05, 0) is 32.1 Å². The summed E-state index contributed by atoms with van der Waals surface area (Å²) in [5.41, 5.74) is 5.96. The molecule has 1 saturated carbocycles. The first kappa shape index (κ1) is 14.8. The topological polar surface area (TPSA) is 74.2 Å². The van der Waals surface area contributed by atoms with Gasteiger partial charge in [0.2, 0.25) is 5.89 Å². The first-order valence-electron chi connectivity index (χ1n) is 7.00. The molecule has 108 valence electrons. The van der Waals surface area contributed by atoms with Crippen molar-refractivity contribution in [3.63, 3.8) is 0 Å². The second-order valence-electron chi connectivity index (χ2n) is 5.55. The fraction of sp³-hybridized carbons (Fsp3) is 0.846. The molecule has 2 heterocycles. The van der Waals surface area contributed by atoms with E-state index < -0.39 is 0 Å². The quantitative estimate of drug-likeness (QED) is 0.920. The van der Waals surface area contributed by atoms with Crippen LogP contribution in [-0.2, 0) is 16.7 Å². The van der Waals surface area contributed by atoms with Gasteiger partial charge >= 0.3 is 0 Å². The third-order valence-electron chi connectivity index (χ3n) is 4.11. The molecule has 1 unspecified atom stereocenters. The number of hydrogen-bond acceptors (Lipinski definition) is 5. The van der Waals surface area contributed by atoms with E-state index >= 15 is 0 Å². The molecule has 5 nitrogen and oxygen atoms in total. The Labute approximate surface area is 119 Å². The molecule has 1 atom stereocenters. The lowest BCUT2D eigenvalue weighted by atomic mass is 9.99. The van der Waals surface area contributed by atoms with Crippen molar-refractivity contribution < 1.29 is 9.26 Å². The van der Waals surface area contributed by atoms with E-state index in [2.05, 4.69) is 10.1 Å². The van der Waals surface area contributed by atoms with Crippen molar-refractivity contribution in [3.8, 4) is 0 Å². The van der Waals surface area contributed by atoms with Crippen LogP contribution in [0.1, 0.15) is 56.7 Å². The van der Waals surface area contributed by atoms with E-state index in [0.29, 0.717) is 17.8 Å². The lowest BCUT2D eigenvalue weighted by Crippen LogP contribution is -2.34. The minimum atomic E-state index is -0.342. The van der Waals surface area contributed by atoms with E-state index in [1.807, 2.05) is 0 Å². The maximum absolute atomic E-state index is 6.30. The zero-order chi connectivity index (χ0) is 12.4. The van der Waals surface area contributed by atoms with E-state index in [1.165, 1.54) is 6.42 Å². The van der Waals surface area contributed by atoms with Crippen molar-refractivity contribution in [3.05, 3.63) is 11.7 Å². The molecule has 1 aliphatic carbocycles. The summed E-state index contributed by atoms with van der Waals surface area (Å²) in [5, 5.41) is 4.06. The summed E-state index contributed by atoms with van der Waals surface area (Å²) in [5.74, 6) is 1.40. The van der Waals surface area contributed by atoms with Gasteiger partial charge in [0.05, 0.1) is 11.6 Å². The van der Waals surface area contributed by atoms with E-state index in [9.17, 15) is 0 Å². The Hall–Kier alpha value is -0.650. The van der Waals surface area contributed by atoms with Gasteiger partial charge in [0, 0.05) is 13.0 Å². The maximum atomic E-state index is 6.30. The van der Waals surface area contributed by atoms with E-state index in [-0.39, 0.29) is 17.9 Å². The van der Waals surface area contributed by atoms with Crippen molar-refractivity contribution in [2.24, 2.45) is 5.73 Å². The summed E-state index contributed by atoms with van der Waals surface area (Å²) in [4.78, 5) is 4.47. The van der Waals surface area contributed by atoms with Crippen molar-refractivity contribution in [1.82, 2.24) is 10.1 Å². The van der Waals surface area contributed by atoms with Crippen LogP contribution >= 0.6 is 12.4 Å². The van der Waals surface area contributed by atoms with E-state index in [4.69, 9.17) is 15.0 Å². The number of hydrogen-bond donors (Lipinski definition) is 1. The molecule has 0 bridgehead atoms. The third kappa shape index (κ3) is 3.27. The first-order valence-corrected chi connectivity index (χ1v) is 7.00. The molecule has 0 radical (unpaired) electrons. The highest BCUT2D eigenvalue weighted by atomic mass is 35.5. The van der Waals surface area contributed by atoms with Crippen LogP contribution in [-0.4, -0.2) is 22.9 Å². The molecule has 1 aromatic heterocycles. The summed E-state index contributed by atoms with van der Waals surface area (Å²) < 4.78 is 10.9. The summed E-state index contributed by atoms with van der Waals surface area (Å²) >= 11 is 0. The Morgan fingerprint density at radius 1 is 1.26 bits per heavy atom. The van der Waals surface area contributed by atoms with Crippen molar-refractivity contribution in [2.75, 3.05) is 6.61 Å². The van der Waals surface area contributed by atoms with Gasteiger partial charge in [-0.25, -0.2) is 0 Å². The number of aryl methyl sites for hydroxylation is 1. The van der Waals surface area contributed by atoms with Gasteiger partial charge in [0.25, 0.3) is 0 Å². The van der Waals surface area contributed by atoms with Gasteiger partial charge in [-0.3, -0.25) is 0 Å². The van der Waals surface area contributed by atoms with Gasteiger partial charge in [-0.1, -0.05) is 18.0 Å². The van der Waals surface area contributed by atoms with Gasteiger partial charge in [-0.15, -0.1) is 12.4 Å². The highest BCUT2D eigenvalue weighted by Crippen LogP contribution is 2.34. The average Bonchev–Trinajstić information content (AvgIpc) is 3.08. The highest BCUT2D eigenvalue weighted by Gasteiger charge is 2.35. The Morgan fingerprint density at radius 3 is 2.74 bits per heavy atom. The molecule has 2 aliphatic rings. The average molecular weight is 288 g/mol. The summed E-state index contributed by atoms with van der Waals surface area (Å²) in [6.07, 6.45) is 8.74. The molecular formula is C13H22ClN3O2.